The molecule has 92 valence electrons. The van der Waals surface area contributed by atoms with Crippen LogP contribution in [0.15, 0.2) is 36.4 Å². The molecule has 0 radical (unpaired) electrons. The lowest BCUT2D eigenvalue weighted by atomic mass is 9.93. The van der Waals surface area contributed by atoms with E-state index in [1.54, 1.807) is 6.92 Å². The van der Waals surface area contributed by atoms with Gasteiger partial charge < -0.3 is 10.2 Å². The Kier molecular flexibility index (Phi) is 2.69. The van der Waals surface area contributed by atoms with Crippen LogP contribution in [0.1, 0.15) is 35.3 Å². The maximum Gasteiger partial charge on any atom is 0.0768 e. The molecular weight excluding hydrogens is 224 g/mol. The summed E-state index contributed by atoms with van der Waals surface area (Å²) in [6.45, 7) is 1.74. The number of aliphatic hydroxyl groups is 2. The van der Waals surface area contributed by atoms with Crippen LogP contribution in [-0.4, -0.2) is 10.2 Å². The molecule has 0 bridgehead atoms. The molecule has 2 nitrogen and oxygen atoms in total. The Morgan fingerprint density at radius 1 is 1.11 bits per heavy atom. The van der Waals surface area contributed by atoms with Gasteiger partial charge in [-0.15, -0.1) is 0 Å². The van der Waals surface area contributed by atoms with E-state index < -0.39 is 6.10 Å². The second-order valence-corrected chi connectivity index (χ2v) is 4.83. The third-order valence-electron chi connectivity index (χ3n) is 3.71. The van der Waals surface area contributed by atoms with E-state index in [0.717, 1.165) is 23.1 Å². The van der Waals surface area contributed by atoms with Gasteiger partial charge in [0.25, 0.3) is 0 Å². The fourth-order valence-corrected chi connectivity index (χ4v) is 2.94. The molecular formula is C16H16O2. The average Bonchev–Trinajstić information content (AvgIpc) is 2.75. The second kappa shape index (κ2) is 4.23. The summed E-state index contributed by atoms with van der Waals surface area (Å²) in [5.74, 6) is 0. The van der Waals surface area contributed by atoms with Crippen molar-refractivity contribution in [2.45, 2.75) is 26.1 Å². The zero-order valence-electron chi connectivity index (χ0n) is 10.4. The molecule has 1 unspecified atom stereocenters. The number of hydrogen-bond acceptors (Lipinski definition) is 2. The van der Waals surface area contributed by atoms with E-state index in [-0.39, 0.29) is 6.61 Å². The van der Waals surface area contributed by atoms with Crippen molar-refractivity contribution in [1.82, 2.24) is 0 Å². The van der Waals surface area contributed by atoms with Crippen molar-refractivity contribution in [3.05, 3.63) is 58.7 Å². The van der Waals surface area contributed by atoms with E-state index >= 15 is 0 Å². The molecule has 1 aliphatic rings. The highest BCUT2D eigenvalue weighted by Crippen LogP contribution is 2.41. The summed E-state index contributed by atoms with van der Waals surface area (Å²) in [5.41, 5.74) is 6.63. The average molecular weight is 240 g/mol. The van der Waals surface area contributed by atoms with E-state index in [9.17, 15) is 10.2 Å². The van der Waals surface area contributed by atoms with E-state index in [0.29, 0.717) is 0 Å². The Bertz CT molecular complexity index is 600. The molecule has 0 amide bonds. The molecule has 0 aliphatic heterocycles. The molecule has 18 heavy (non-hydrogen) atoms. The van der Waals surface area contributed by atoms with Crippen LogP contribution in [-0.2, 0) is 13.0 Å². The van der Waals surface area contributed by atoms with Crippen molar-refractivity contribution in [2.75, 3.05) is 0 Å². The highest BCUT2D eigenvalue weighted by Gasteiger charge is 2.24. The van der Waals surface area contributed by atoms with E-state index in [4.69, 9.17) is 0 Å². The van der Waals surface area contributed by atoms with Crippen LogP contribution in [0.4, 0.5) is 0 Å². The minimum absolute atomic E-state index is 0.0239. The van der Waals surface area contributed by atoms with E-state index in [1.807, 2.05) is 18.2 Å². The summed E-state index contributed by atoms with van der Waals surface area (Å²) in [4.78, 5) is 0. The molecule has 0 saturated carbocycles. The monoisotopic (exact) mass is 240 g/mol. The predicted molar refractivity (Wildman–Crippen MR) is 71.2 cm³/mol. The van der Waals surface area contributed by atoms with Gasteiger partial charge in [0, 0.05) is 0 Å². The summed E-state index contributed by atoms with van der Waals surface area (Å²) in [6.07, 6.45) is 0.302. The van der Waals surface area contributed by atoms with Gasteiger partial charge in [0.15, 0.2) is 0 Å². The van der Waals surface area contributed by atoms with E-state index in [2.05, 4.69) is 18.2 Å². The summed E-state index contributed by atoms with van der Waals surface area (Å²) < 4.78 is 0. The summed E-state index contributed by atoms with van der Waals surface area (Å²) in [7, 11) is 0. The zero-order valence-corrected chi connectivity index (χ0v) is 10.4. The van der Waals surface area contributed by atoms with Crippen molar-refractivity contribution in [3.8, 4) is 11.1 Å². The molecule has 1 atom stereocenters. The van der Waals surface area contributed by atoms with Crippen LogP contribution in [0, 0.1) is 0 Å². The van der Waals surface area contributed by atoms with Crippen molar-refractivity contribution in [2.24, 2.45) is 0 Å². The van der Waals surface area contributed by atoms with Gasteiger partial charge in [-0.05, 0) is 46.7 Å². The quantitative estimate of drug-likeness (QED) is 0.723. The van der Waals surface area contributed by atoms with Gasteiger partial charge in [-0.3, -0.25) is 0 Å². The van der Waals surface area contributed by atoms with Crippen molar-refractivity contribution in [3.63, 3.8) is 0 Å². The minimum Gasteiger partial charge on any atom is -0.392 e. The molecule has 2 aromatic rings. The van der Waals surface area contributed by atoms with Gasteiger partial charge in [0.1, 0.15) is 0 Å². The first-order valence-corrected chi connectivity index (χ1v) is 6.24. The summed E-state index contributed by atoms with van der Waals surface area (Å²) in [6, 6.07) is 12.3. The number of aliphatic hydroxyl groups excluding tert-OH is 2. The first-order chi connectivity index (χ1) is 8.72. The van der Waals surface area contributed by atoms with Gasteiger partial charge in [-0.25, -0.2) is 0 Å². The maximum absolute atomic E-state index is 9.97. The Balaban J connectivity index is 2.25. The molecule has 0 spiro atoms. The highest BCUT2D eigenvalue weighted by atomic mass is 16.3. The van der Waals surface area contributed by atoms with Gasteiger partial charge in [-0.1, -0.05) is 36.4 Å². The molecule has 0 saturated heterocycles. The Morgan fingerprint density at radius 2 is 1.89 bits per heavy atom. The Morgan fingerprint density at radius 3 is 2.61 bits per heavy atom. The standard InChI is InChI=1S/C16H16O2/c1-10(18)16-12(9-17)6-7-14-13-5-3-2-4-11(13)8-15(14)16/h2-7,10,17-18H,8-9H2,1H3. The molecule has 0 aromatic heterocycles. The number of fused-ring (bicyclic) bond motifs is 3. The van der Waals surface area contributed by atoms with Crippen molar-refractivity contribution >= 4 is 0 Å². The molecule has 2 heteroatoms. The summed E-state index contributed by atoms with van der Waals surface area (Å²) >= 11 is 0. The first kappa shape index (κ1) is 11.5. The number of benzene rings is 2. The van der Waals surface area contributed by atoms with Crippen LogP contribution in [0.5, 0.6) is 0 Å². The third-order valence-corrected chi connectivity index (χ3v) is 3.71. The predicted octanol–water partition coefficient (Wildman–Crippen LogP) is 2.80. The lowest BCUT2D eigenvalue weighted by Crippen LogP contribution is -2.03. The fourth-order valence-electron chi connectivity index (χ4n) is 2.94. The minimum atomic E-state index is -0.545. The lowest BCUT2D eigenvalue weighted by molar-refractivity contribution is 0.192. The van der Waals surface area contributed by atoms with Gasteiger partial charge in [-0.2, -0.15) is 0 Å². The molecule has 0 heterocycles. The van der Waals surface area contributed by atoms with Crippen molar-refractivity contribution < 1.29 is 10.2 Å². The van der Waals surface area contributed by atoms with Crippen LogP contribution in [0.2, 0.25) is 0 Å². The van der Waals surface area contributed by atoms with Crippen LogP contribution in [0.25, 0.3) is 11.1 Å². The fraction of sp³-hybridized carbons (Fsp3) is 0.250. The van der Waals surface area contributed by atoms with Crippen molar-refractivity contribution in [1.29, 1.82) is 0 Å². The molecule has 2 aromatic carbocycles. The molecule has 3 rings (SSSR count). The van der Waals surface area contributed by atoms with Crippen LogP contribution >= 0.6 is 0 Å². The maximum atomic E-state index is 9.97. The lowest BCUT2D eigenvalue weighted by Gasteiger charge is -2.15. The van der Waals surface area contributed by atoms with Crippen LogP contribution in [0.3, 0.4) is 0 Å². The number of rotatable bonds is 2. The molecule has 2 N–H and O–H groups in total. The van der Waals surface area contributed by atoms with Gasteiger partial charge >= 0.3 is 0 Å². The zero-order chi connectivity index (χ0) is 12.7. The highest BCUT2D eigenvalue weighted by molar-refractivity contribution is 5.78. The normalized spacial score (nSPS) is 14.2. The number of hydrogen-bond donors (Lipinski definition) is 2. The topological polar surface area (TPSA) is 40.5 Å². The third kappa shape index (κ3) is 1.57. The Labute approximate surface area is 107 Å². The first-order valence-electron chi connectivity index (χ1n) is 6.24. The van der Waals surface area contributed by atoms with Gasteiger partial charge in [0.05, 0.1) is 12.7 Å². The van der Waals surface area contributed by atoms with Gasteiger partial charge in [0.2, 0.25) is 0 Å². The second-order valence-electron chi connectivity index (χ2n) is 4.83. The summed E-state index contributed by atoms with van der Waals surface area (Å²) in [5, 5.41) is 19.4. The Hall–Kier alpha value is -1.64. The SMILES string of the molecule is CC(O)c1c(CO)ccc2c1Cc1ccccc1-2. The van der Waals surface area contributed by atoms with E-state index in [1.165, 1.54) is 16.7 Å². The molecule has 0 fully saturated rings. The van der Waals surface area contributed by atoms with Crippen LogP contribution < -0.4 is 0 Å². The molecule has 1 aliphatic carbocycles. The largest absolute Gasteiger partial charge is 0.392 e. The smallest absolute Gasteiger partial charge is 0.0768 e.